The second-order valence-electron chi connectivity index (χ2n) is 2.77. The predicted octanol–water partition coefficient (Wildman–Crippen LogP) is 2.01. The molecule has 0 radical (unpaired) electrons. The number of aromatic nitrogens is 3. The quantitative estimate of drug-likeness (QED) is 0.589. The molecule has 1 heterocycles. The fourth-order valence-electron chi connectivity index (χ4n) is 1.15. The van der Waals surface area contributed by atoms with Crippen molar-refractivity contribution in [3.8, 4) is 5.40 Å². The van der Waals surface area contributed by atoms with E-state index in [2.05, 4.69) is 15.0 Å². The lowest BCUT2D eigenvalue weighted by atomic mass is 10.5. The van der Waals surface area contributed by atoms with Gasteiger partial charge in [0.15, 0.2) is 5.16 Å². The van der Waals surface area contributed by atoms with Gasteiger partial charge in [-0.15, -0.1) is 0 Å². The predicted molar refractivity (Wildman–Crippen MR) is 66.6 cm³/mol. The lowest BCUT2D eigenvalue weighted by Gasteiger charge is -2.18. The van der Waals surface area contributed by atoms with E-state index < -0.39 is 0 Å². The van der Waals surface area contributed by atoms with Crippen LogP contribution in [-0.2, 0) is 0 Å². The molecule has 0 atom stereocenters. The van der Waals surface area contributed by atoms with Crippen molar-refractivity contribution in [2.24, 2.45) is 0 Å². The van der Waals surface area contributed by atoms with Gasteiger partial charge in [0.1, 0.15) is 5.40 Å². The first kappa shape index (κ1) is 13.1. The van der Waals surface area contributed by atoms with E-state index in [0.717, 1.165) is 24.9 Å². The van der Waals surface area contributed by atoms with E-state index in [1.54, 1.807) is 0 Å². The van der Waals surface area contributed by atoms with E-state index >= 15 is 0 Å². The number of nitriles is 1. The summed E-state index contributed by atoms with van der Waals surface area (Å²) in [5.74, 6) is 0.641. The van der Waals surface area contributed by atoms with Gasteiger partial charge < -0.3 is 4.90 Å². The monoisotopic (exact) mass is 255 g/mol. The van der Waals surface area contributed by atoms with Crippen LogP contribution in [0.5, 0.6) is 0 Å². The van der Waals surface area contributed by atoms with Gasteiger partial charge in [-0.1, -0.05) is 11.8 Å². The minimum Gasteiger partial charge on any atom is -0.341 e. The number of rotatable bonds is 5. The van der Waals surface area contributed by atoms with Crippen LogP contribution in [0.4, 0.5) is 5.95 Å². The summed E-state index contributed by atoms with van der Waals surface area (Å²) in [6, 6.07) is 0. The molecule has 0 saturated carbocycles. The summed E-state index contributed by atoms with van der Waals surface area (Å²) in [7, 11) is 0. The molecule has 0 saturated heterocycles. The first-order valence-corrected chi connectivity index (χ1v) is 6.90. The summed E-state index contributed by atoms with van der Waals surface area (Å²) in [4.78, 5) is 14.7. The van der Waals surface area contributed by atoms with Crippen LogP contribution in [0.2, 0.25) is 0 Å². The maximum Gasteiger partial charge on any atom is 0.230 e. The Morgan fingerprint density at radius 2 is 1.81 bits per heavy atom. The number of hydrogen-bond acceptors (Lipinski definition) is 7. The Morgan fingerprint density at radius 1 is 1.19 bits per heavy atom. The van der Waals surface area contributed by atoms with Gasteiger partial charge in [-0.05, 0) is 20.1 Å². The van der Waals surface area contributed by atoms with Crippen molar-refractivity contribution in [2.45, 2.75) is 24.2 Å². The summed E-state index contributed by atoms with van der Waals surface area (Å²) < 4.78 is 0. The first-order valence-electron chi connectivity index (χ1n) is 4.86. The van der Waals surface area contributed by atoms with Crippen molar-refractivity contribution in [3.05, 3.63) is 0 Å². The minimum atomic E-state index is 0.462. The topological polar surface area (TPSA) is 65.7 Å². The molecule has 0 aromatic carbocycles. The Balaban J connectivity index is 3.08. The standard InChI is InChI=1S/C9H13N5S2/c1-4-14(5-2)7-11-8(15-3)13-9(12-7)16-6-10/h4-5H2,1-3H3. The Labute approximate surface area is 104 Å². The third-order valence-corrected chi connectivity index (χ3v) is 2.95. The molecule has 1 aromatic rings. The molecule has 0 aliphatic carbocycles. The second kappa shape index (κ2) is 6.55. The third-order valence-electron chi connectivity index (χ3n) is 1.95. The van der Waals surface area contributed by atoms with Gasteiger partial charge in [-0.2, -0.15) is 20.2 Å². The maximum atomic E-state index is 8.62. The SMILES string of the molecule is CCN(CC)c1nc(SC)nc(SC#N)n1. The summed E-state index contributed by atoms with van der Waals surface area (Å²) in [6.45, 7) is 5.77. The van der Waals surface area contributed by atoms with E-state index in [9.17, 15) is 0 Å². The molecule has 0 fully saturated rings. The van der Waals surface area contributed by atoms with Gasteiger partial charge in [0, 0.05) is 24.9 Å². The molecule has 7 heteroatoms. The largest absolute Gasteiger partial charge is 0.341 e. The highest BCUT2D eigenvalue weighted by atomic mass is 32.2. The van der Waals surface area contributed by atoms with Crippen LogP contribution in [0.3, 0.4) is 0 Å². The van der Waals surface area contributed by atoms with Gasteiger partial charge in [0.25, 0.3) is 0 Å². The molecule has 0 spiro atoms. The molecule has 5 nitrogen and oxygen atoms in total. The molecule has 0 N–H and O–H groups in total. The number of hydrogen-bond donors (Lipinski definition) is 0. The smallest absolute Gasteiger partial charge is 0.230 e. The van der Waals surface area contributed by atoms with E-state index in [1.165, 1.54) is 11.8 Å². The summed E-state index contributed by atoms with van der Waals surface area (Å²) in [6.07, 6.45) is 1.90. The van der Waals surface area contributed by atoms with Gasteiger partial charge in [-0.3, -0.25) is 0 Å². The molecule has 16 heavy (non-hydrogen) atoms. The van der Waals surface area contributed by atoms with Crippen LogP contribution in [0.15, 0.2) is 10.3 Å². The van der Waals surface area contributed by atoms with Crippen molar-refractivity contribution in [1.82, 2.24) is 15.0 Å². The number of thiocyanates is 1. The zero-order chi connectivity index (χ0) is 12.0. The number of thioether (sulfide) groups is 2. The second-order valence-corrected chi connectivity index (χ2v) is 4.30. The molecule has 1 rings (SSSR count). The lowest BCUT2D eigenvalue weighted by molar-refractivity contribution is 0.738. The summed E-state index contributed by atoms with van der Waals surface area (Å²) in [5.41, 5.74) is 0. The Hall–Kier alpha value is -1.00. The highest BCUT2D eigenvalue weighted by molar-refractivity contribution is 8.03. The lowest BCUT2D eigenvalue weighted by Crippen LogP contribution is -2.24. The summed E-state index contributed by atoms with van der Waals surface area (Å²) in [5, 5.41) is 11.7. The van der Waals surface area contributed by atoms with E-state index in [-0.39, 0.29) is 0 Å². The Kier molecular flexibility index (Phi) is 5.35. The van der Waals surface area contributed by atoms with Gasteiger partial charge in [-0.25, -0.2) is 0 Å². The van der Waals surface area contributed by atoms with Crippen LogP contribution in [0.1, 0.15) is 13.8 Å². The van der Waals surface area contributed by atoms with Crippen LogP contribution < -0.4 is 4.90 Å². The van der Waals surface area contributed by atoms with Gasteiger partial charge in [0.05, 0.1) is 0 Å². The molecule has 0 unspecified atom stereocenters. The maximum absolute atomic E-state index is 8.62. The van der Waals surface area contributed by atoms with Crippen molar-refractivity contribution in [3.63, 3.8) is 0 Å². The van der Waals surface area contributed by atoms with Gasteiger partial charge >= 0.3 is 0 Å². The molecule has 1 aromatic heterocycles. The van der Waals surface area contributed by atoms with Crippen LogP contribution in [-0.4, -0.2) is 34.3 Å². The summed E-state index contributed by atoms with van der Waals surface area (Å²) >= 11 is 2.41. The minimum absolute atomic E-state index is 0.462. The van der Waals surface area contributed by atoms with Crippen molar-refractivity contribution in [2.75, 3.05) is 24.2 Å². The molecule has 0 amide bonds. The normalized spacial score (nSPS) is 9.88. The Bertz CT molecular complexity index is 386. The van der Waals surface area contributed by atoms with E-state index in [1.807, 2.05) is 30.4 Å². The van der Waals surface area contributed by atoms with Crippen LogP contribution >= 0.6 is 23.5 Å². The van der Waals surface area contributed by atoms with E-state index in [4.69, 9.17) is 5.26 Å². The molecule has 0 aliphatic heterocycles. The van der Waals surface area contributed by atoms with Crippen LogP contribution in [0, 0.1) is 10.7 Å². The molecule has 0 bridgehead atoms. The van der Waals surface area contributed by atoms with Crippen molar-refractivity contribution in [1.29, 1.82) is 5.26 Å². The van der Waals surface area contributed by atoms with Crippen molar-refractivity contribution < 1.29 is 0 Å². The number of anilines is 1. The van der Waals surface area contributed by atoms with Crippen LogP contribution in [0.25, 0.3) is 0 Å². The Morgan fingerprint density at radius 3 is 2.31 bits per heavy atom. The average Bonchev–Trinajstić information content (AvgIpc) is 2.31. The zero-order valence-electron chi connectivity index (χ0n) is 9.47. The number of nitrogens with zero attached hydrogens (tertiary/aromatic N) is 5. The molecule has 86 valence electrons. The molecular weight excluding hydrogens is 242 g/mol. The fourth-order valence-corrected chi connectivity index (χ4v) is 1.90. The molecule has 0 aliphatic rings. The first-order chi connectivity index (χ1) is 7.74. The third kappa shape index (κ3) is 3.25. The van der Waals surface area contributed by atoms with Gasteiger partial charge in [0.2, 0.25) is 11.1 Å². The fraction of sp³-hybridized carbons (Fsp3) is 0.556. The molecular formula is C9H13N5S2. The highest BCUT2D eigenvalue weighted by Gasteiger charge is 2.10. The highest BCUT2D eigenvalue weighted by Crippen LogP contribution is 2.19. The van der Waals surface area contributed by atoms with E-state index in [0.29, 0.717) is 16.3 Å². The van der Waals surface area contributed by atoms with Crippen molar-refractivity contribution >= 4 is 29.5 Å². The average molecular weight is 255 g/mol. The zero-order valence-corrected chi connectivity index (χ0v) is 11.1.